The fraction of sp³-hybridized carbons (Fsp3) is 0.538. The van der Waals surface area contributed by atoms with Crippen LogP contribution in [-0.4, -0.2) is 35.2 Å². The Labute approximate surface area is 115 Å². The molecule has 0 fully saturated rings. The molecular weight excluding hydrogens is 264 g/mol. The first kappa shape index (κ1) is 16.1. The van der Waals surface area contributed by atoms with Gasteiger partial charge in [0.1, 0.15) is 0 Å². The molecule has 6 heteroatoms. The number of hydrogen-bond acceptors (Lipinski definition) is 4. The van der Waals surface area contributed by atoms with E-state index in [1.54, 1.807) is 26.3 Å². The van der Waals surface area contributed by atoms with Gasteiger partial charge in [-0.05, 0) is 32.0 Å². The molecule has 1 aromatic rings. The van der Waals surface area contributed by atoms with Gasteiger partial charge in [0.05, 0.1) is 4.90 Å². The lowest BCUT2D eigenvalue weighted by molar-refractivity contribution is 0.188. The second kappa shape index (κ2) is 7.59. The Balaban J connectivity index is 2.88. The van der Waals surface area contributed by atoms with E-state index in [-0.39, 0.29) is 6.04 Å². The summed E-state index contributed by atoms with van der Waals surface area (Å²) in [5.41, 5.74) is 0.761. The Bertz CT molecular complexity index is 488. The minimum atomic E-state index is -3.49. The largest absolute Gasteiger partial charge is 0.385 e. The first-order valence-corrected chi connectivity index (χ1v) is 7.73. The van der Waals surface area contributed by atoms with Gasteiger partial charge < -0.3 is 10.1 Å². The highest BCUT2D eigenvalue weighted by molar-refractivity contribution is 7.89. The van der Waals surface area contributed by atoms with E-state index in [0.29, 0.717) is 24.5 Å². The lowest BCUT2D eigenvalue weighted by Gasteiger charge is -2.16. The highest BCUT2D eigenvalue weighted by atomic mass is 32.2. The monoisotopic (exact) mass is 286 g/mol. The van der Waals surface area contributed by atoms with E-state index >= 15 is 0 Å². The number of methoxy groups -OCH3 is 1. The van der Waals surface area contributed by atoms with Crippen molar-refractivity contribution in [3.8, 4) is 0 Å². The maximum absolute atomic E-state index is 12.3. The van der Waals surface area contributed by atoms with Crippen molar-refractivity contribution in [3.63, 3.8) is 0 Å². The van der Waals surface area contributed by atoms with E-state index in [0.717, 1.165) is 5.56 Å². The van der Waals surface area contributed by atoms with Crippen LogP contribution in [0, 0.1) is 0 Å². The number of benzene rings is 1. The molecule has 19 heavy (non-hydrogen) atoms. The SMILES string of the molecule is CNCc1ccccc1S(=O)(=O)NC(C)CCOC. The minimum absolute atomic E-state index is 0.160. The van der Waals surface area contributed by atoms with E-state index in [1.165, 1.54) is 0 Å². The summed E-state index contributed by atoms with van der Waals surface area (Å²) in [4.78, 5) is 0.327. The van der Waals surface area contributed by atoms with Crippen LogP contribution < -0.4 is 10.0 Å². The third-order valence-corrected chi connectivity index (χ3v) is 4.43. The standard InChI is InChI=1S/C13H22N2O3S/c1-11(8-9-18-3)15-19(16,17)13-7-5-4-6-12(13)10-14-2/h4-7,11,14-15H,8-10H2,1-3H3. The van der Waals surface area contributed by atoms with Gasteiger partial charge >= 0.3 is 0 Å². The molecule has 0 saturated carbocycles. The van der Waals surface area contributed by atoms with Crippen molar-refractivity contribution in [1.29, 1.82) is 0 Å². The van der Waals surface area contributed by atoms with E-state index in [4.69, 9.17) is 4.74 Å². The smallest absolute Gasteiger partial charge is 0.241 e. The lowest BCUT2D eigenvalue weighted by atomic mass is 10.2. The average Bonchev–Trinajstić information content (AvgIpc) is 2.37. The third-order valence-electron chi connectivity index (χ3n) is 2.74. The quantitative estimate of drug-likeness (QED) is 0.751. The maximum Gasteiger partial charge on any atom is 0.241 e. The molecule has 0 aromatic heterocycles. The summed E-state index contributed by atoms with van der Waals surface area (Å²) in [7, 11) is -0.0980. The van der Waals surface area contributed by atoms with Gasteiger partial charge in [-0.3, -0.25) is 0 Å². The maximum atomic E-state index is 12.3. The predicted octanol–water partition coefficient (Wildman–Crippen LogP) is 1.11. The Morgan fingerprint density at radius 3 is 2.63 bits per heavy atom. The Morgan fingerprint density at radius 1 is 1.32 bits per heavy atom. The predicted molar refractivity (Wildman–Crippen MR) is 75.5 cm³/mol. The van der Waals surface area contributed by atoms with E-state index < -0.39 is 10.0 Å². The third kappa shape index (κ3) is 4.91. The summed E-state index contributed by atoms with van der Waals surface area (Å²) in [5, 5.41) is 2.97. The van der Waals surface area contributed by atoms with Crippen molar-refractivity contribution in [2.75, 3.05) is 20.8 Å². The van der Waals surface area contributed by atoms with Crippen LogP contribution in [0.5, 0.6) is 0 Å². The zero-order valence-electron chi connectivity index (χ0n) is 11.6. The highest BCUT2D eigenvalue weighted by Gasteiger charge is 2.19. The summed E-state index contributed by atoms with van der Waals surface area (Å²) in [6, 6.07) is 6.84. The molecule has 0 heterocycles. The first-order valence-electron chi connectivity index (χ1n) is 6.25. The molecule has 0 aliphatic heterocycles. The van der Waals surface area contributed by atoms with Crippen LogP contribution in [0.3, 0.4) is 0 Å². The average molecular weight is 286 g/mol. The molecule has 0 spiro atoms. The lowest BCUT2D eigenvalue weighted by Crippen LogP contribution is -2.34. The summed E-state index contributed by atoms with van der Waals surface area (Å²) < 4.78 is 32.3. The Kier molecular flexibility index (Phi) is 6.44. The van der Waals surface area contributed by atoms with Crippen molar-refractivity contribution < 1.29 is 13.2 Å². The molecule has 0 aliphatic rings. The summed E-state index contributed by atoms with van der Waals surface area (Å²) in [6.45, 7) is 2.88. The van der Waals surface area contributed by atoms with E-state index in [9.17, 15) is 8.42 Å². The van der Waals surface area contributed by atoms with Crippen LogP contribution in [0.2, 0.25) is 0 Å². The number of ether oxygens (including phenoxy) is 1. The Hall–Kier alpha value is -0.950. The highest BCUT2D eigenvalue weighted by Crippen LogP contribution is 2.15. The molecule has 1 unspecified atom stereocenters. The van der Waals surface area contributed by atoms with Crippen LogP contribution in [0.1, 0.15) is 18.9 Å². The van der Waals surface area contributed by atoms with Gasteiger partial charge in [-0.15, -0.1) is 0 Å². The second-order valence-electron chi connectivity index (χ2n) is 4.44. The zero-order valence-corrected chi connectivity index (χ0v) is 12.5. The van der Waals surface area contributed by atoms with Crippen molar-refractivity contribution in [2.24, 2.45) is 0 Å². The summed E-state index contributed by atoms with van der Waals surface area (Å²) >= 11 is 0. The Morgan fingerprint density at radius 2 is 2.00 bits per heavy atom. The molecule has 0 bridgehead atoms. The molecule has 1 atom stereocenters. The van der Waals surface area contributed by atoms with Crippen molar-refractivity contribution >= 4 is 10.0 Å². The normalized spacial score (nSPS) is 13.4. The van der Waals surface area contributed by atoms with E-state index in [2.05, 4.69) is 10.0 Å². The van der Waals surface area contributed by atoms with Gasteiger partial charge in [0.25, 0.3) is 0 Å². The minimum Gasteiger partial charge on any atom is -0.385 e. The molecule has 1 aromatic carbocycles. The molecule has 108 valence electrons. The van der Waals surface area contributed by atoms with Crippen LogP contribution in [0.15, 0.2) is 29.2 Å². The molecule has 1 rings (SSSR count). The van der Waals surface area contributed by atoms with Crippen molar-refractivity contribution in [2.45, 2.75) is 30.8 Å². The fourth-order valence-corrected chi connectivity index (χ4v) is 3.30. The molecule has 5 nitrogen and oxygen atoms in total. The van der Waals surface area contributed by atoms with Crippen LogP contribution in [0.25, 0.3) is 0 Å². The zero-order chi connectivity index (χ0) is 14.3. The number of rotatable bonds is 8. The molecule has 0 saturated heterocycles. The molecule has 0 aliphatic carbocycles. The fourth-order valence-electron chi connectivity index (χ4n) is 1.78. The number of hydrogen-bond donors (Lipinski definition) is 2. The summed E-state index contributed by atoms with van der Waals surface area (Å²) in [5.74, 6) is 0. The molecule has 2 N–H and O–H groups in total. The first-order chi connectivity index (χ1) is 9.01. The van der Waals surface area contributed by atoms with Gasteiger partial charge in [-0.2, -0.15) is 0 Å². The number of sulfonamides is 1. The topological polar surface area (TPSA) is 67.4 Å². The van der Waals surface area contributed by atoms with Gasteiger partial charge in [-0.25, -0.2) is 13.1 Å². The van der Waals surface area contributed by atoms with Gasteiger partial charge in [0, 0.05) is 26.3 Å². The van der Waals surface area contributed by atoms with Crippen molar-refractivity contribution in [1.82, 2.24) is 10.0 Å². The van der Waals surface area contributed by atoms with Gasteiger partial charge in [0.15, 0.2) is 0 Å². The second-order valence-corrected chi connectivity index (χ2v) is 6.12. The molecular formula is C13H22N2O3S. The number of nitrogens with one attached hydrogen (secondary N) is 2. The van der Waals surface area contributed by atoms with E-state index in [1.807, 2.05) is 19.1 Å². The molecule has 0 radical (unpaired) electrons. The summed E-state index contributed by atoms with van der Waals surface area (Å²) in [6.07, 6.45) is 0.643. The van der Waals surface area contributed by atoms with Crippen LogP contribution in [-0.2, 0) is 21.3 Å². The van der Waals surface area contributed by atoms with Crippen LogP contribution >= 0.6 is 0 Å². The van der Waals surface area contributed by atoms with Gasteiger partial charge in [-0.1, -0.05) is 18.2 Å². The van der Waals surface area contributed by atoms with Crippen molar-refractivity contribution in [3.05, 3.63) is 29.8 Å². The molecule has 0 amide bonds. The van der Waals surface area contributed by atoms with Crippen LogP contribution in [0.4, 0.5) is 0 Å². The van der Waals surface area contributed by atoms with Gasteiger partial charge in [0.2, 0.25) is 10.0 Å².